The molecule has 16 heavy (non-hydrogen) atoms. The maximum Gasteiger partial charge on any atom is 0.130 e. The lowest BCUT2D eigenvalue weighted by Gasteiger charge is -2.17. The van der Waals surface area contributed by atoms with E-state index in [9.17, 15) is 4.39 Å². The summed E-state index contributed by atoms with van der Waals surface area (Å²) >= 11 is 0. The van der Waals surface area contributed by atoms with Crippen LogP contribution in [0.2, 0.25) is 0 Å². The molecule has 1 aromatic carbocycles. The first-order valence-electron chi connectivity index (χ1n) is 5.25. The number of halogens is 1. The maximum absolute atomic E-state index is 13.6. The maximum atomic E-state index is 13.6. The van der Waals surface area contributed by atoms with Crippen LogP contribution in [0.1, 0.15) is 5.56 Å². The van der Waals surface area contributed by atoms with E-state index in [1.165, 1.54) is 13.2 Å². The summed E-state index contributed by atoms with van der Waals surface area (Å²) in [6.07, 6.45) is 0.536. The molecule has 0 fully saturated rings. The molecule has 0 aliphatic carbocycles. The van der Waals surface area contributed by atoms with E-state index in [2.05, 4.69) is 0 Å². The van der Waals surface area contributed by atoms with Crippen LogP contribution in [0.3, 0.4) is 0 Å². The third-order valence-corrected chi connectivity index (χ3v) is 2.34. The zero-order valence-corrected chi connectivity index (χ0v) is 10.0. The van der Waals surface area contributed by atoms with Gasteiger partial charge in [0, 0.05) is 18.7 Å². The van der Waals surface area contributed by atoms with Crippen molar-refractivity contribution in [1.82, 2.24) is 4.90 Å². The quantitative estimate of drug-likeness (QED) is 0.821. The van der Waals surface area contributed by atoms with Gasteiger partial charge in [0.15, 0.2) is 0 Å². The highest BCUT2D eigenvalue weighted by molar-refractivity contribution is 5.29. The second kappa shape index (κ2) is 5.82. The molecule has 1 atom stereocenters. The molecular weight excluding hydrogens is 207 g/mol. The molecule has 0 aromatic heterocycles. The molecule has 0 aliphatic heterocycles. The molecule has 0 aliphatic rings. The fourth-order valence-corrected chi connectivity index (χ4v) is 1.64. The Balaban J connectivity index is 2.66. The summed E-state index contributed by atoms with van der Waals surface area (Å²) in [6, 6.07) is 4.81. The molecule has 1 aromatic rings. The lowest BCUT2D eigenvalue weighted by atomic mass is 10.1. The van der Waals surface area contributed by atoms with Gasteiger partial charge in [-0.15, -0.1) is 0 Å². The van der Waals surface area contributed by atoms with Crippen molar-refractivity contribution in [2.24, 2.45) is 5.73 Å². The van der Waals surface area contributed by atoms with E-state index in [-0.39, 0.29) is 11.9 Å². The van der Waals surface area contributed by atoms with Crippen LogP contribution in [0.25, 0.3) is 0 Å². The Kier molecular flexibility index (Phi) is 4.71. The van der Waals surface area contributed by atoms with E-state index >= 15 is 0 Å². The smallest absolute Gasteiger partial charge is 0.130 e. The summed E-state index contributed by atoms with van der Waals surface area (Å²) in [7, 11) is 5.42. The van der Waals surface area contributed by atoms with Gasteiger partial charge in [-0.25, -0.2) is 4.39 Å². The molecule has 4 heteroatoms. The first kappa shape index (κ1) is 12.9. The van der Waals surface area contributed by atoms with Crippen molar-refractivity contribution in [2.45, 2.75) is 12.5 Å². The van der Waals surface area contributed by atoms with Crippen LogP contribution < -0.4 is 10.5 Å². The molecule has 3 nitrogen and oxygen atoms in total. The molecule has 0 spiro atoms. The number of hydrogen-bond donors (Lipinski definition) is 1. The number of likely N-dealkylation sites (N-methyl/N-ethyl adjacent to an activating group) is 1. The number of nitrogens with two attached hydrogens (primary N) is 1. The highest BCUT2D eigenvalue weighted by Crippen LogP contribution is 2.17. The van der Waals surface area contributed by atoms with Crippen molar-refractivity contribution in [1.29, 1.82) is 0 Å². The molecule has 0 heterocycles. The van der Waals surface area contributed by atoms with Gasteiger partial charge in [0.1, 0.15) is 11.6 Å². The fourth-order valence-electron chi connectivity index (χ4n) is 1.64. The van der Waals surface area contributed by atoms with E-state index in [4.69, 9.17) is 10.5 Å². The second-order valence-electron chi connectivity index (χ2n) is 4.18. The van der Waals surface area contributed by atoms with Gasteiger partial charge in [-0.1, -0.05) is 6.07 Å². The van der Waals surface area contributed by atoms with Crippen molar-refractivity contribution < 1.29 is 9.13 Å². The minimum Gasteiger partial charge on any atom is -0.497 e. The first-order valence-corrected chi connectivity index (χ1v) is 5.25. The molecule has 0 saturated carbocycles. The van der Waals surface area contributed by atoms with Crippen LogP contribution in [0, 0.1) is 5.82 Å². The van der Waals surface area contributed by atoms with E-state index in [1.54, 1.807) is 12.1 Å². The largest absolute Gasteiger partial charge is 0.497 e. The molecule has 0 radical (unpaired) electrons. The Morgan fingerprint density at radius 1 is 1.44 bits per heavy atom. The minimum atomic E-state index is -0.256. The van der Waals surface area contributed by atoms with Crippen LogP contribution in [0.15, 0.2) is 18.2 Å². The highest BCUT2D eigenvalue weighted by Gasteiger charge is 2.10. The predicted octanol–water partition coefficient (Wildman–Crippen LogP) is 1.27. The second-order valence-corrected chi connectivity index (χ2v) is 4.18. The van der Waals surface area contributed by atoms with Crippen LogP contribution in [0.4, 0.5) is 4.39 Å². The number of nitrogens with zero attached hydrogens (tertiary/aromatic N) is 1. The minimum absolute atomic E-state index is 0.0575. The topological polar surface area (TPSA) is 38.5 Å². The van der Waals surface area contributed by atoms with Gasteiger partial charge in [0.2, 0.25) is 0 Å². The van der Waals surface area contributed by atoms with Gasteiger partial charge in [0.25, 0.3) is 0 Å². The van der Waals surface area contributed by atoms with Crippen molar-refractivity contribution >= 4 is 0 Å². The van der Waals surface area contributed by atoms with Gasteiger partial charge in [0.05, 0.1) is 7.11 Å². The Hall–Kier alpha value is -1.13. The van der Waals surface area contributed by atoms with Crippen LogP contribution in [0.5, 0.6) is 5.75 Å². The predicted molar refractivity (Wildman–Crippen MR) is 63.2 cm³/mol. The molecule has 0 saturated heterocycles. The average Bonchev–Trinajstić information content (AvgIpc) is 2.19. The SMILES string of the molecule is COc1ccc(CC(N)CN(C)C)c(F)c1. The standard InChI is InChI=1S/C12H19FN2O/c1-15(2)8-10(14)6-9-4-5-11(16-3)7-12(9)13/h4-5,7,10H,6,8,14H2,1-3H3. The number of rotatable bonds is 5. The number of benzene rings is 1. The Bertz CT molecular complexity index is 342. The molecular formula is C12H19FN2O. The summed E-state index contributed by atoms with van der Waals surface area (Å²) < 4.78 is 18.5. The summed E-state index contributed by atoms with van der Waals surface area (Å²) in [6.45, 7) is 0.742. The van der Waals surface area contributed by atoms with Gasteiger partial charge in [-0.2, -0.15) is 0 Å². The summed E-state index contributed by atoms with van der Waals surface area (Å²) in [5.74, 6) is 0.274. The van der Waals surface area contributed by atoms with Gasteiger partial charge < -0.3 is 15.4 Å². The average molecular weight is 226 g/mol. The van der Waals surface area contributed by atoms with Gasteiger partial charge >= 0.3 is 0 Å². The van der Waals surface area contributed by atoms with Crippen LogP contribution in [-0.4, -0.2) is 38.7 Å². The zero-order valence-electron chi connectivity index (χ0n) is 10.0. The Morgan fingerprint density at radius 3 is 2.62 bits per heavy atom. The van der Waals surface area contributed by atoms with Crippen molar-refractivity contribution in [2.75, 3.05) is 27.7 Å². The van der Waals surface area contributed by atoms with Crippen molar-refractivity contribution in [3.05, 3.63) is 29.6 Å². The lowest BCUT2D eigenvalue weighted by molar-refractivity contribution is 0.369. The molecule has 1 unspecified atom stereocenters. The number of ether oxygens (including phenoxy) is 1. The first-order chi connectivity index (χ1) is 7.52. The third kappa shape index (κ3) is 3.79. The van der Waals surface area contributed by atoms with E-state index in [1.807, 2.05) is 19.0 Å². The summed E-state index contributed by atoms with van der Waals surface area (Å²) in [5.41, 5.74) is 6.54. The fraction of sp³-hybridized carbons (Fsp3) is 0.500. The van der Waals surface area contributed by atoms with Gasteiger partial charge in [-0.05, 0) is 32.1 Å². The lowest BCUT2D eigenvalue weighted by Crippen LogP contribution is -2.35. The van der Waals surface area contributed by atoms with Crippen molar-refractivity contribution in [3.63, 3.8) is 0 Å². The molecule has 0 amide bonds. The van der Waals surface area contributed by atoms with Crippen LogP contribution in [-0.2, 0) is 6.42 Å². The number of methoxy groups -OCH3 is 1. The monoisotopic (exact) mass is 226 g/mol. The molecule has 2 N–H and O–H groups in total. The van der Waals surface area contributed by atoms with E-state index in [0.29, 0.717) is 17.7 Å². The third-order valence-electron chi connectivity index (χ3n) is 2.34. The van der Waals surface area contributed by atoms with E-state index < -0.39 is 0 Å². The summed E-state index contributed by atoms with van der Waals surface area (Å²) in [5, 5.41) is 0. The zero-order chi connectivity index (χ0) is 12.1. The van der Waals surface area contributed by atoms with Crippen molar-refractivity contribution in [3.8, 4) is 5.75 Å². The van der Waals surface area contributed by atoms with E-state index in [0.717, 1.165) is 6.54 Å². The molecule has 90 valence electrons. The Labute approximate surface area is 96.0 Å². The molecule has 1 rings (SSSR count). The Morgan fingerprint density at radius 2 is 2.12 bits per heavy atom. The van der Waals surface area contributed by atoms with Gasteiger partial charge in [-0.3, -0.25) is 0 Å². The number of hydrogen-bond acceptors (Lipinski definition) is 3. The molecule has 0 bridgehead atoms. The highest BCUT2D eigenvalue weighted by atomic mass is 19.1. The van der Waals surface area contributed by atoms with Crippen LogP contribution >= 0.6 is 0 Å². The normalized spacial score (nSPS) is 12.9. The summed E-state index contributed by atoms with van der Waals surface area (Å²) in [4.78, 5) is 1.99.